The smallest absolute Gasteiger partial charge is 0.125 e. The van der Waals surface area contributed by atoms with E-state index in [0.29, 0.717) is 6.54 Å². The number of hydrogen-bond donors (Lipinski definition) is 2. The quantitative estimate of drug-likeness (QED) is 0.878. The van der Waals surface area contributed by atoms with Crippen molar-refractivity contribution in [2.24, 2.45) is 5.73 Å². The van der Waals surface area contributed by atoms with Crippen LogP contribution in [-0.2, 0) is 0 Å². The largest absolute Gasteiger partial charge is 0.497 e. The van der Waals surface area contributed by atoms with E-state index >= 15 is 0 Å². The molecular formula is C16H21N3O. The predicted octanol–water partition coefficient (Wildman–Crippen LogP) is 2.91. The maximum absolute atomic E-state index is 5.93. The van der Waals surface area contributed by atoms with E-state index in [-0.39, 0.29) is 5.54 Å². The Labute approximate surface area is 120 Å². The SMILES string of the molecule is COc1ccc(-c2ccc(NCC(C)(C)N)nc2)cc1. The van der Waals surface area contributed by atoms with Crippen LogP contribution in [0.1, 0.15) is 13.8 Å². The van der Waals surface area contributed by atoms with E-state index < -0.39 is 0 Å². The lowest BCUT2D eigenvalue weighted by atomic mass is 10.1. The van der Waals surface area contributed by atoms with Gasteiger partial charge in [-0.2, -0.15) is 0 Å². The molecule has 2 aromatic rings. The Morgan fingerprint density at radius 3 is 2.25 bits per heavy atom. The lowest BCUT2D eigenvalue weighted by Gasteiger charge is -2.19. The van der Waals surface area contributed by atoms with Crippen molar-refractivity contribution >= 4 is 5.82 Å². The number of pyridine rings is 1. The van der Waals surface area contributed by atoms with Crippen molar-refractivity contribution in [2.75, 3.05) is 19.0 Å². The van der Waals surface area contributed by atoms with Gasteiger partial charge in [-0.25, -0.2) is 4.98 Å². The molecule has 0 aliphatic carbocycles. The highest BCUT2D eigenvalue weighted by atomic mass is 16.5. The first-order valence-electron chi connectivity index (χ1n) is 6.61. The number of rotatable bonds is 5. The molecule has 0 bridgehead atoms. The first-order chi connectivity index (χ1) is 9.48. The van der Waals surface area contributed by atoms with Gasteiger partial charge in [0.2, 0.25) is 0 Å². The molecule has 0 saturated carbocycles. The van der Waals surface area contributed by atoms with E-state index in [1.54, 1.807) is 7.11 Å². The molecule has 1 heterocycles. The third kappa shape index (κ3) is 3.96. The number of ether oxygens (including phenoxy) is 1. The summed E-state index contributed by atoms with van der Waals surface area (Å²) in [5.74, 6) is 1.69. The van der Waals surface area contributed by atoms with Gasteiger partial charge in [-0.3, -0.25) is 0 Å². The van der Waals surface area contributed by atoms with Gasteiger partial charge in [0.15, 0.2) is 0 Å². The molecule has 0 spiro atoms. The molecule has 20 heavy (non-hydrogen) atoms. The van der Waals surface area contributed by atoms with Crippen LogP contribution in [0.2, 0.25) is 0 Å². The van der Waals surface area contributed by atoms with Crippen LogP contribution in [0.4, 0.5) is 5.82 Å². The normalized spacial score (nSPS) is 11.2. The second-order valence-corrected chi connectivity index (χ2v) is 5.50. The van der Waals surface area contributed by atoms with Gasteiger partial charge < -0.3 is 15.8 Å². The first-order valence-corrected chi connectivity index (χ1v) is 6.61. The van der Waals surface area contributed by atoms with Crippen LogP contribution in [0.5, 0.6) is 5.75 Å². The van der Waals surface area contributed by atoms with Crippen LogP contribution >= 0.6 is 0 Å². The fourth-order valence-corrected chi connectivity index (χ4v) is 1.77. The van der Waals surface area contributed by atoms with Gasteiger partial charge >= 0.3 is 0 Å². The van der Waals surface area contributed by atoms with E-state index in [0.717, 1.165) is 22.7 Å². The molecule has 0 amide bonds. The fourth-order valence-electron chi connectivity index (χ4n) is 1.77. The summed E-state index contributed by atoms with van der Waals surface area (Å²) < 4.78 is 5.15. The van der Waals surface area contributed by atoms with Crippen molar-refractivity contribution < 1.29 is 4.74 Å². The number of hydrogen-bond acceptors (Lipinski definition) is 4. The van der Waals surface area contributed by atoms with E-state index in [1.807, 2.05) is 56.4 Å². The zero-order valence-electron chi connectivity index (χ0n) is 12.2. The van der Waals surface area contributed by atoms with Crippen molar-refractivity contribution in [2.45, 2.75) is 19.4 Å². The fraction of sp³-hybridized carbons (Fsp3) is 0.312. The number of nitrogens with one attached hydrogen (secondary N) is 1. The first kappa shape index (κ1) is 14.3. The Kier molecular flexibility index (Phi) is 4.25. The predicted molar refractivity (Wildman–Crippen MR) is 83.0 cm³/mol. The molecule has 0 unspecified atom stereocenters. The van der Waals surface area contributed by atoms with Crippen molar-refractivity contribution in [3.63, 3.8) is 0 Å². The van der Waals surface area contributed by atoms with E-state index in [2.05, 4.69) is 10.3 Å². The van der Waals surface area contributed by atoms with Crippen LogP contribution in [0.25, 0.3) is 11.1 Å². The minimum absolute atomic E-state index is 0.254. The average molecular weight is 271 g/mol. The molecule has 106 valence electrons. The highest BCUT2D eigenvalue weighted by Crippen LogP contribution is 2.22. The van der Waals surface area contributed by atoms with E-state index in [4.69, 9.17) is 10.5 Å². The summed E-state index contributed by atoms with van der Waals surface area (Å²) in [7, 11) is 1.66. The molecule has 1 aromatic heterocycles. The summed E-state index contributed by atoms with van der Waals surface area (Å²) in [6.45, 7) is 4.64. The van der Waals surface area contributed by atoms with Crippen LogP contribution in [0, 0.1) is 0 Å². The lowest BCUT2D eigenvalue weighted by molar-refractivity contribution is 0.415. The molecule has 0 radical (unpaired) electrons. The van der Waals surface area contributed by atoms with Gasteiger partial charge in [-0.1, -0.05) is 12.1 Å². The number of benzene rings is 1. The molecule has 2 rings (SSSR count). The highest BCUT2D eigenvalue weighted by Gasteiger charge is 2.10. The summed E-state index contributed by atoms with van der Waals surface area (Å²) in [6.07, 6.45) is 1.85. The average Bonchev–Trinajstić information content (AvgIpc) is 2.45. The molecule has 0 aliphatic rings. The number of methoxy groups -OCH3 is 1. The topological polar surface area (TPSA) is 60.2 Å². The van der Waals surface area contributed by atoms with Gasteiger partial charge in [0.25, 0.3) is 0 Å². The van der Waals surface area contributed by atoms with E-state index in [1.165, 1.54) is 0 Å². The molecule has 0 aliphatic heterocycles. The number of aromatic nitrogens is 1. The Bertz CT molecular complexity index is 541. The molecule has 4 heteroatoms. The molecule has 0 saturated heterocycles. The third-order valence-electron chi connectivity index (χ3n) is 2.91. The van der Waals surface area contributed by atoms with Gasteiger partial charge in [0, 0.05) is 23.8 Å². The van der Waals surface area contributed by atoms with Gasteiger partial charge in [0.05, 0.1) is 7.11 Å². The Balaban J connectivity index is 2.07. The standard InChI is InChI=1S/C16H21N3O/c1-16(2,17)11-19-15-9-6-13(10-18-15)12-4-7-14(20-3)8-5-12/h4-10H,11,17H2,1-3H3,(H,18,19). The minimum Gasteiger partial charge on any atom is -0.497 e. The zero-order chi connectivity index (χ0) is 14.6. The summed E-state index contributed by atoms with van der Waals surface area (Å²) >= 11 is 0. The molecule has 1 aromatic carbocycles. The summed E-state index contributed by atoms with van der Waals surface area (Å²) in [4.78, 5) is 4.40. The highest BCUT2D eigenvalue weighted by molar-refractivity contribution is 5.64. The summed E-state index contributed by atoms with van der Waals surface area (Å²) in [5, 5.41) is 3.23. The van der Waals surface area contributed by atoms with Crippen molar-refractivity contribution in [1.29, 1.82) is 0 Å². The van der Waals surface area contributed by atoms with Crippen molar-refractivity contribution in [3.8, 4) is 16.9 Å². The summed E-state index contributed by atoms with van der Waals surface area (Å²) in [5.41, 5.74) is 7.86. The van der Waals surface area contributed by atoms with Crippen LogP contribution in [0.15, 0.2) is 42.6 Å². The van der Waals surface area contributed by atoms with E-state index in [9.17, 15) is 0 Å². The maximum Gasteiger partial charge on any atom is 0.125 e. The molecule has 0 atom stereocenters. The number of anilines is 1. The number of nitrogens with zero attached hydrogens (tertiary/aromatic N) is 1. The lowest BCUT2D eigenvalue weighted by Crippen LogP contribution is -2.39. The van der Waals surface area contributed by atoms with Gasteiger partial charge in [0.1, 0.15) is 11.6 Å². The van der Waals surface area contributed by atoms with Crippen LogP contribution < -0.4 is 15.8 Å². The monoisotopic (exact) mass is 271 g/mol. The Morgan fingerprint density at radius 2 is 1.75 bits per heavy atom. The van der Waals surface area contributed by atoms with Crippen molar-refractivity contribution in [1.82, 2.24) is 4.98 Å². The van der Waals surface area contributed by atoms with Gasteiger partial charge in [-0.05, 0) is 43.7 Å². The third-order valence-corrected chi connectivity index (χ3v) is 2.91. The molecular weight excluding hydrogens is 250 g/mol. The molecule has 0 fully saturated rings. The number of nitrogens with two attached hydrogens (primary N) is 1. The van der Waals surface area contributed by atoms with Crippen LogP contribution in [0.3, 0.4) is 0 Å². The van der Waals surface area contributed by atoms with Gasteiger partial charge in [-0.15, -0.1) is 0 Å². The second-order valence-electron chi connectivity index (χ2n) is 5.50. The zero-order valence-corrected chi connectivity index (χ0v) is 12.2. The summed E-state index contributed by atoms with van der Waals surface area (Å²) in [6, 6.07) is 11.9. The maximum atomic E-state index is 5.93. The molecule has 4 nitrogen and oxygen atoms in total. The van der Waals surface area contributed by atoms with Crippen molar-refractivity contribution in [3.05, 3.63) is 42.6 Å². The second kappa shape index (κ2) is 5.92. The Morgan fingerprint density at radius 1 is 1.10 bits per heavy atom. The Hall–Kier alpha value is -2.07. The molecule has 3 N–H and O–H groups in total. The van der Waals surface area contributed by atoms with Crippen LogP contribution in [-0.4, -0.2) is 24.2 Å². The minimum atomic E-state index is -0.254.